The molecule has 2 aromatic rings. The number of hydrogen-bond donors (Lipinski definition) is 1. The van der Waals surface area contributed by atoms with Crippen LogP contribution in [0.15, 0.2) is 42.5 Å². The molecule has 0 aliphatic rings. The Morgan fingerprint density at radius 2 is 1.21 bits per heavy atom. The molecule has 1 unspecified atom stereocenters. The van der Waals surface area contributed by atoms with E-state index < -0.39 is 6.42 Å². The van der Waals surface area contributed by atoms with E-state index in [2.05, 4.69) is 91.7 Å². The van der Waals surface area contributed by atoms with Gasteiger partial charge >= 0.3 is 0 Å². The lowest BCUT2D eigenvalue weighted by Gasteiger charge is -2.36. The van der Waals surface area contributed by atoms with Gasteiger partial charge in [-0.25, -0.2) is 0 Å². The summed E-state index contributed by atoms with van der Waals surface area (Å²) < 4.78 is 5.98. The number of anilines is 1. The molecule has 0 fully saturated rings. The standard InChI is InChI=1S/C25H38NOPS/c1-23(2,3)18-16-20(24(4,5)6)22(21(17-18)25(7,8)9)26-28(29,27-10)19-14-12-11-13-15-19/h11-17H,1-10H3,(H,26,29). The van der Waals surface area contributed by atoms with Crippen molar-refractivity contribution in [2.45, 2.75) is 78.6 Å². The maximum absolute atomic E-state index is 6.10. The van der Waals surface area contributed by atoms with E-state index >= 15 is 0 Å². The van der Waals surface area contributed by atoms with Gasteiger partial charge in [-0.15, -0.1) is 0 Å². The Bertz CT molecular complexity index is 864. The predicted octanol–water partition coefficient (Wildman–Crippen LogP) is 7.27. The van der Waals surface area contributed by atoms with E-state index in [0.717, 1.165) is 11.0 Å². The fraction of sp³-hybridized carbons (Fsp3) is 0.520. The van der Waals surface area contributed by atoms with Crippen LogP contribution >= 0.6 is 6.42 Å². The smallest absolute Gasteiger partial charge is 0.183 e. The van der Waals surface area contributed by atoms with Crippen molar-refractivity contribution >= 4 is 29.2 Å². The van der Waals surface area contributed by atoms with Crippen LogP contribution in [0.1, 0.15) is 79.0 Å². The van der Waals surface area contributed by atoms with E-state index in [9.17, 15) is 0 Å². The average Bonchev–Trinajstić information content (AvgIpc) is 2.59. The topological polar surface area (TPSA) is 21.3 Å². The maximum Gasteiger partial charge on any atom is 0.183 e. The summed E-state index contributed by atoms with van der Waals surface area (Å²) in [6, 6.07) is 14.9. The van der Waals surface area contributed by atoms with Crippen LogP contribution in [0.2, 0.25) is 0 Å². The highest BCUT2D eigenvalue weighted by atomic mass is 32.4. The largest absolute Gasteiger partial charge is 0.334 e. The van der Waals surface area contributed by atoms with E-state index in [1.165, 1.54) is 16.7 Å². The van der Waals surface area contributed by atoms with Crippen LogP contribution in [0.3, 0.4) is 0 Å². The summed E-state index contributed by atoms with van der Waals surface area (Å²) in [5.41, 5.74) is 5.06. The Morgan fingerprint density at radius 1 is 0.759 bits per heavy atom. The van der Waals surface area contributed by atoms with Crippen LogP contribution in [-0.4, -0.2) is 7.11 Å². The first-order valence-electron chi connectivity index (χ1n) is 10.3. The van der Waals surface area contributed by atoms with E-state index in [-0.39, 0.29) is 16.2 Å². The van der Waals surface area contributed by atoms with Gasteiger partial charge in [0.15, 0.2) is 6.42 Å². The highest BCUT2D eigenvalue weighted by Crippen LogP contribution is 2.50. The molecule has 4 heteroatoms. The van der Waals surface area contributed by atoms with E-state index in [4.69, 9.17) is 16.3 Å². The van der Waals surface area contributed by atoms with Crippen molar-refractivity contribution in [2.24, 2.45) is 0 Å². The Morgan fingerprint density at radius 3 is 1.55 bits per heavy atom. The fourth-order valence-electron chi connectivity index (χ4n) is 3.37. The minimum atomic E-state index is -2.44. The molecule has 0 radical (unpaired) electrons. The molecule has 1 N–H and O–H groups in total. The molecule has 29 heavy (non-hydrogen) atoms. The molecule has 1 atom stereocenters. The molecule has 0 saturated carbocycles. The monoisotopic (exact) mass is 431 g/mol. The highest BCUT2D eigenvalue weighted by Gasteiger charge is 2.32. The SMILES string of the molecule is COP(=S)(Nc1c(C(C)(C)C)cc(C(C)(C)C)cc1C(C)(C)C)c1ccccc1. The lowest BCUT2D eigenvalue weighted by atomic mass is 9.74. The van der Waals surface area contributed by atoms with Crippen molar-refractivity contribution in [3.8, 4) is 0 Å². The van der Waals surface area contributed by atoms with Gasteiger partial charge in [0.25, 0.3) is 0 Å². The van der Waals surface area contributed by atoms with Crippen LogP contribution in [0.25, 0.3) is 0 Å². The average molecular weight is 432 g/mol. The minimum Gasteiger partial charge on any atom is -0.334 e. The summed E-state index contributed by atoms with van der Waals surface area (Å²) in [6.45, 7) is 20.4. The van der Waals surface area contributed by atoms with E-state index in [1.807, 2.05) is 18.2 Å². The van der Waals surface area contributed by atoms with Gasteiger partial charge in [-0.05, 0) is 56.9 Å². The molecule has 0 spiro atoms. The molecule has 0 heterocycles. The second kappa shape index (κ2) is 8.17. The third-order valence-electron chi connectivity index (χ3n) is 5.23. The number of hydrogen-bond acceptors (Lipinski definition) is 2. The van der Waals surface area contributed by atoms with Gasteiger partial charge in [-0.3, -0.25) is 0 Å². The predicted molar refractivity (Wildman–Crippen MR) is 134 cm³/mol. The number of nitrogens with one attached hydrogen (secondary N) is 1. The zero-order valence-electron chi connectivity index (χ0n) is 19.8. The Balaban J connectivity index is 2.83. The Hall–Kier alpha value is -1.15. The molecule has 0 aliphatic heterocycles. The second-order valence-corrected chi connectivity index (χ2v) is 14.6. The van der Waals surface area contributed by atoms with Gasteiger partial charge in [-0.2, -0.15) is 0 Å². The molecule has 2 aromatic carbocycles. The molecule has 160 valence electrons. The molecule has 2 rings (SSSR count). The van der Waals surface area contributed by atoms with Crippen LogP contribution in [0, 0.1) is 0 Å². The lowest BCUT2D eigenvalue weighted by molar-refractivity contribution is 0.468. The first kappa shape index (κ1) is 24.1. The summed E-state index contributed by atoms with van der Waals surface area (Å²) in [4.78, 5) is 0. The molecular weight excluding hydrogens is 393 g/mol. The zero-order valence-corrected chi connectivity index (χ0v) is 21.5. The summed E-state index contributed by atoms with van der Waals surface area (Å²) >= 11 is 6.10. The van der Waals surface area contributed by atoms with Gasteiger partial charge in [-0.1, -0.05) is 92.6 Å². The Labute approximate surface area is 183 Å². The molecule has 0 aromatic heterocycles. The first-order chi connectivity index (χ1) is 13.1. The first-order valence-corrected chi connectivity index (χ1v) is 13.0. The molecule has 0 saturated heterocycles. The van der Waals surface area contributed by atoms with Crippen molar-refractivity contribution in [3.05, 3.63) is 59.2 Å². The summed E-state index contributed by atoms with van der Waals surface area (Å²) in [6.07, 6.45) is -2.44. The van der Waals surface area contributed by atoms with E-state index in [1.54, 1.807) is 7.11 Å². The third-order valence-corrected chi connectivity index (χ3v) is 8.60. The van der Waals surface area contributed by atoms with Crippen molar-refractivity contribution in [1.82, 2.24) is 0 Å². The second-order valence-electron chi connectivity index (χ2n) is 10.9. The number of rotatable bonds is 4. The van der Waals surface area contributed by atoms with Gasteiger partial charge in [0.2, 0.25) is 0 Å². The maximum atomic E-state index is 6.10. The van der Waals surface area contributed by atoms with Gasteiger partial charge < -0.3 is 9.61 Å². The van der Waals surface area contributed by atoms with Crippen molar-refractivity contribution in [3.63, 3.8) is 0 Å². The molecule has 2 nitrogen and oxygen atoms in total. The molecular formula is C25H38NOPS. The normalized spacial score (nSPS) is 15.1. The number of benzene rings is 2. The quantitative estimate of drug-likeness (QED) is 0.514. The summed E-state index contributed by atoms with van der Waals surface area (Å²) in [5, 5.41) is 4.79. The minimum absolute atomic E-state index is 0.0335. The molecule has 0 bridgehead atoms. The fourth-order valence-corrected chi connectivity index (χ4v) is 5.54. The van der Waals surface area contributed by atoms with Crippen molar-refractivity contribution in [2.75, 3.05) is 12.2 Å². The Kier molecular flexibility index (Phi) is 6.80. The molecule has 0 aliphatic carbocycles. The lowest BCUT2D eigenvalue weighted by Crippen LogP contribution is -2.25. The summed E-state index contributed by atoms with van der Waals surface area (Å²) in [5.74, 6) is 0. The van der Waals surface area contributed by atoms with Crippen LogP contribution < -0.4 is 10.4 Å². The van der Waals surface area contributed by atoms with Gasteiger partial charge in [0.1, 0.15) is 0 Å². The van der Waals surface area contributed by atoms with Crippen molar-refractivity contribution < 1.29 is 4.52 Å². The van der Waals surface area contributed by atoms with Crippen molar-refractivity contribution in [1.29, 1.82) is 0 Å². The van der Waals surface area contributed by atoms with Crippen LogP contribution in [0.5, 0.6) is 0 Å². The van der Waals surface area contributed by atoms with Crippen LogP contribution in [-0.2, 0) is 32.6 Å². The van der Waals surface area contributed by atoms with Crippen LogP contribution in [0.4, 0.5) is 5.69 Å². The summed E-state index contributed by atoms with van der Waals surface area (Å²) in [7, 11) is 1.72. The third kappa shape index (κ3) is 5.51. The van der Waals surface area contributed by atoms with Gasteiger partial charge in [0.05, 0.1) is 0 Å². The highest BCUT2D eigenvalue weighted by molar-refractivity contribution is 8.16. The van der Waals surface area contributed by atoms with Gasteiger partial charge in [0, 0.05) is 18.1 Å². The molecule has 0 amide bonds. The van der Waals surface area contributed by atoms with E-state index in [0.29, 0.717) is 0 Å². The zero-order chi connectivity index (χ0) is 22.3.